The zero-order valence-electron chi connectivity index (χ0n) is 15.9. The average molecular weight is 363 g/mol. The van der Waals surface area contributed by atoms with Crippen LogP contribution in [-0.2, 0) is 11.2 Å². The number of aromatic nitrogens is 2. The highest BCUT2D eigenvalue weighted by atomic mass is 16.5. The van der Waals surface area contributed by atoms with Crippen LogP contribution in [0.25, 0.3) is 0 Å². The van der Waals surface area contributed by atoms with Crippen molar-refractivity contribution in [1.29, 1.82) is 0 Å². The Balaban J connectivity index is 1.56. The third-order valence-corrected chi connectivity index (χ3v) is 4.50. The first kappa shape index (κ1) is 18.9. The number of amides is 1. The SMILES string of the molecule is CC(=O)NC(C)Cc1ccc(C#Cc2cnc(OC3CCCC3)nc2)cc1. The number of hydrogen-bond acceptors (Lipinski definition) is 4. The Kier molecular flexibility index (Phi) is 6.43. The molecule has 3 rings (SSSR count). The fourth-order valence-electron chi connectivity index (χ4n) is 3.22. The van der Waals surface area contributed by atoms with Crippen molar-refractivity contribution < 1.29 is 9.53 Å². The van der Waals surface area contributed by atoms with Crippen molar-refractivity contribution >= 4 is 5.91 Å². The van der Waals surface area contributed by atoms with Gasteiger partial charge in [-0.1, -0.05) is 24.0 Å². The van der Waals surface area contributed by atoms with Gasteiger partial charge in [-0.15, -0.1) is 0 Å². The molecule has 0 aliphatic heterocycles. The van der Waals surface area contributed by atoms with Crippen molar-refractivity contribution in [3.63, 3.8) is 0 Å². The molecule has 1 aromatic carbocycles. The number of benzene rings is 1. The summed E-state index contributed by atoms with van der Waals surface area (Å²) in [5, 5.41) is 2.89. The minimum atomic E-state index is -0.00753. The Hall–Kier alpha value is -2.87. The van der Waals surface area contributed by atoms with E-state index in [1.165, 1.54) is 25.3 Å². The van der Waals surface area contributed by atoms with E-state index in [9.17, 15) is 4.79 Å². The smallest absolute Gasteiger partial charge is 0.316 e. The van der Waals surface area contributed by atoms with E-state index in [0.717, 1.165) is 30.4 Å². The summed E-state index contributed by atoms with van der Waals surface area (Å²) in [6, 6.07) is 8.60. The van der Waals surface area contributed by atoms with E-state index in [1.807, 2.05) is 31.2 Å². The summed E-state index contributed by atoms with van der Waals surface area (Å²) in [6.07, 6.45) is 9.08. The molecule has 1 heterocycles. The maximum absolute atomic E-state index is 11.1. The third-order valence-electron chi connectivity index (χ3n) is 4.50. The Morgan fingerprint density at radius 1 is 1.15 bits per heavy atom. The van der Waals surface area contributed by atoms with E-state index in [0.29, 0.717) is 6.01 Å². The molecular formula is C22H25N3O2. The van der Waals surface area contributed by atoms with Crippen LogP contribution < -0.4 is 10.1 Å². The Morgan fingerprint density at radius 2 is 1.78 bits per heavy atom. The minimum Gasteiger partial charge on any atom is -0.460 e. The molecule has 0 radical (unpaired) electrons. The van der Waals surface area contributed by atoms with Gasteiger partial charge in [-0.25, -0.2) is 9.97 Å². The lowest BCUT2D eigenvalue weighted by molar-refractivity contribution is -0.119. The molecule has 1 amide bonds. The predicted molar refractivity (Wildman–Crippen MR) is 104 cm³/mol. The first-order valence-corrected chi connectivity index (χ1v) is 9.45. The van der Waals surface area contributed by atoms with Crippen LogP contribution in [0.1, 0.15) is 56.2 Å². The van der Waals surface area contributed by atoms with Crippen LogP contribution in [0.4, 0.5) is 0 Å². The number of ether oxygens (including phenoxy) is 1. The van der Waals surface area contributed by atoms with Crippen molar-refractivity contribution in [1.82, 2.24) is 15.3 Å². The van der Waals surface area contributed by atoms with Crippen LogP contribution in [0, 0.1) is 11.8 Å². The number of rotatable bonds is 5. The van der Waals surface area contributed by atoms with Crippen molar-refractivity contribution in [2.24, 2.45) is 0 Å². The molecule has 0 spiro atoms. The molecule has 0 saturated heterocycles. The van der Waals surface area contributed by atoms with Crippen LogP contribution in [0.15, 0.2) is 36.7 Å². The molecule has 1 saturated carbocycles. The summed E-state index contributed by atoms with van der Waals surface area (Å²) in [7, 11) is 0. The molecule has 140 valence electrons. The van der Waals surface area contributed by atoms with Gasteiger partial charge in [0, 0.05) is 30.9 Å². The topological polar surface area (TPSA) is 64.1 Å². The first-order chi connectivity index (χ1) is 13.1. The highest BCUT2D eigenvalue weighted by molar-refractivity contribution is 5.73. The molecule has 1 aliphatic carbocycles. The first-order valence-electron chi connectivity index (χ1n) is 9.45. The van der Waals surface area contributed by atoms with Crippen molar-refractivity contribution in [3.8, 4) is 17.9 Å². The monoisotopic (exact) mass is 363 g/mol. The zero-order valence-corrected chi connectivity index (χ0v) is 15.9. The van der Waals surface area contributed by atoms with E-state index in [4.69, 9.17) is 4.74 Å². The molecule has 27 heavy (non-hydrogen) atoms. The molecular weight excluding hydrogens is 338 g/mol. The van der Waals surface area contributed by atoms with Crippen LogP contribution in [0.2, 0.25) is 0 Å². The summed E-state index contributed by atoms with van der Waals surface area (Å²) in [6.45, 7) is 3.53. The highest BCUT2D eigenvalue weighted by Crippen LogP contribution is 2.21. The second-order valence-electron chi connectivity index (χ2n) is 7.03. The van der Waals surface area contributed by atoms with Gasteiger partial charge >= 0.3 is 6.01 Å². The summed E-state index contributed by atoms with van der Waals surface area (Å²) >= 11 is 0. The van der Waals surface area contributed by atoms with Crippen LogP contribution >= 0.6 is 0 Å². The van der Waals surface area contributed by atoms with Crippen LogP contribution in [0.5, 0.6) is 6.01 Å². The van der Waals surface area contributed by atoms with E-state index in [-0.39, 0.29) is 18.1 Å². The van der Waals surface area contributed by atoms with Gasteiger partial charge in [-0.3, -0.25) is 4.79 Å². The molecule has 0 bridgehead atoms. The molecule has 5 heteroatoms. The number of nitrogens with one attached hydrogen (secondary N) is 1. The fourth-order valence-corrected chi connectivity index (χ4v) is 3.22. The number of carbonyl (C=O) groups excluding carboxylic acids is 1. The van der Waals surface area contributed by atoms with Gasteiger partial charge in [0.25, 0.3) is 0 Å². The second-order valence-corrected chi connectivity index (χ2v) is 7.03. The zero-order chi connectivity index (χ0) is 19.1. The van der Waals surface area contributed by atoms with Gasteiger partial charge in [0.15, 0.2) is 0 Å². The average Bonchev–Trinajstić information content (AvgIpc) is 3.15. The van der Waals surface area contributed by atoms with E-state index in [1.54, 1.807) is 12.4 Å². The normalized spacial score (nSPS) is 14.9. The van der Waals surface area contributed by atoms with Crippen LogP contribution in [0.3, 0.4) is 0 Å². The highest BCUT2D eigenvalue weighted by Gasteiger charge is 2.17. The number of hydrogen-bond donors (Lipinski definition) is 1. The lowest BCUT2D eigenvalue weighted by Gasteiger charge is -2.12. The second kappa shape index (κ2) is 9.18. The Labute approximate surface area is 160 Å². The van der Waals surface area contributed by atoms with E-state index < -0.39 is 0 Å². The van der Waals surface area contributed by atoms with Crippen molar-refractivity contribution in [2.45, 2.75) is 58.1 Å². The molecule has 1 fully saturated rings. The van der Waals surface area contributed by atoms with Gasteiger partial charge in [-0.2, -0.15) is 0 Å². The van der Waals surface area contributed by atoms with Crippen molar-refractivity contribution in [2.75, 3.05) is 0 Å². The maximum Gasteiger partial charge on any atom is 0.316 e. The fraction of sp³-hybridized carbons (Fsp3) is 0.409. The minimum absolute atomic E-state index is 0.00753. The number of nitrogens with zero attached hydrogens (tertiary/aromatic N) is 2. The quantitative estimate of drug-likeness (QED) is 0.828. The Bertz CT molecular complexity index is 813. The van der Waals surface area contributed by atoms with E-state index in [2.05, 4.69) is 27.1 Å². The van der Waals surface area contributed by atoms with Crippen LogP contribution in [-0.4, -0.2) is 28.0 Å². The Morgan fingerprint density at radius 3 is 2.41 bits per heavy atom. The molecule has 1 aliphatic rings. The summed E-state index contributed by atoms with van der Waals surface area (Å²) in [4.78, 5) is 19.6. The summed E-state index contributed by atoms with van der Waals surface area (Å²) in [5.41, 5.74) is 2.85. The molecule has 1 unspecified atom stereocenters. The van der Waals surface area contributed by atoms with Gasteiger partial charge in [0.1, 0.15) is 6.10 Å². The van der Waals surface area contributed by atoms with Gasteiger partial charge in [0.05, 0.1) is 5.56 Å². The summed E-state index contributed by atoms with van der Waals surface area (Å²) in [5.74, 6) is 6.20. The van der Waals surface area contributed by atoms with Gasteiger partial charge in [0.2, 0.25) is 5.91 Å². The lowest BCUT2D eigenvalue weighted by atomic mass is 10.1. The molecule has 1 N–H and O–H groups in total. The largest absolute Gasteiger partial charge is 0.460 e. The molecule has 2 aromatic rings. The standard InChI is InChI=1S/C22H25N3O2/c1-16(25-17(2)26)13-19-10-7-18(8-11-19)9-12-20-14-23-22(24-15-20)27-21-5-3-4-6-21/h7-8,10-11,14-16,21H,3-6,13H2,1-2H3,(H,25,26). The van der Waals surface area contributed by atoms with E-state index >= 15 is 0 Å². The van der Waals surface area contributed by atoms with Gasteiger partial charge in [-0.05, 0) is 56.7 Å². The van der Waals surface area contributed by atoms with Gasteiger partial charge < -0.3 is 10.1 Å². The third kappa shape index (κ3) is 6.10. The van der Waals surface area contributed by atoms with Crippen molar-refractivity contribution in [3.05, 3.63) is 53.3 Å². The number of carbonyl (C=O) groups is 1. The molecule has 5 nitrogen and oxygen atoms in total. The predicted octanol–water partition coefficient (Wildman–Crippen LogP) is 3.26. The molecule has 1 aromatic heterocycles. The lowest BCUT2D eigenvalue weighted by Crippen LogP contribution is -2.31. The summed E-state index contributed by atoms with van der Waals surface area (Å²) < 4.78 is 5.77. The maximum atomic E-state index is 11.1. The molecule has 1 atom stereocenters.